The average molecular weight is 313 g/mol. The number of nitrogens with zero attached hydrogens (tertiary/aromatic N) is 4. The first kappa shape index (κ1) is 15.7. The second-order valence-corrected chi connectivity index (χ2v) is 6.22. The van der Waals surface area contributed by atoms with E-state index in [1.807, 2.05) is 39.8 Å². The molecule has 1 aromatic heterocycles. The zero-order valence-electron chi connectivity index (χ0n) is 13.6. The highest BCUT2D eigenvalue weighted by molar-refractivity contribution is 5.76. The van der Waals surface area contributed by atoms with E-state index in [4.69, 9.17) is 0 Å². The predicted octanol–water partition coefficient (Wildman–Crippen LogP) is 1.41. The minimum atomic E-state index is 0.188. The van der Waals surface area contributed by atoms with Gasteiger partial charge in [-0.1, -0.05) is 18.2 Å². The van der Waals surface area contributed by atoms with Gasteiger partial charge in [-0.15, -0.1) is 10.2 Å². The van der Waals surface area contributed by atoms with Crippen molar-refractivity contribution in [3.8, 4) is 5.69 Å². The molecule has 1 N–H and O–H groups in total. The lowest BCUT2D eigenvalue weighted by Gasteiger charge is -2.36. The average Bonchev–Trinajstić information content (AvgIpc) is 3.01. The Labute approximate surface area is 136 Å². The highest BCUT2D eigenvalue weighted by Crippen LogP contribution is 2.12. The van der Waals surface area contributed by atoms with E-state index >= 15 is 0 Å². The molecule has 1 aromatic carbocycles. The molecule has 2 aromatic rings. The van der Waals surface area contributed by atoms with Crippen LogP contribution in [0.25, 0.3) is 5.69 Å². The number of aromatic nitrogens is 3. The van der Waals surface area contributed by atoms with Crippen molar-refractivity contribution in [3.63, 3.8) is 0 Å². The summed E-state index contributed by atoms with van der Waals surface area (Å²) in [5.41, 5.74) is 1.02. The number of rotatable bonds is 4. The molecule has 122 valence electrons. The van der Waals surface area contributed by atoms with E-state index in [-0.39, 0.29) is 5.91 Å². The van der Waals surface area contributed by atoms with Crippen LogP contribution >= 0.6 is 0 Å². The van der Waals surface area contributed by atoms with Crippen molar-refractivity contribution in [2.75, 3.05) is 13.1 Å². The Morgan fingerprint density at radius 2 is 1.91 bits per heavy atom. The molecule has 2 heterocycles. The molecule has 23 heavy (non-hydrogen) atoms. The topological polar surface area (TPSA) is 63.1 Å². The van der Waals surface area contributed by atoms with Gasteiger partial charge in [0.05, 0.1) is 0 Å². The fourth-order valence-electron chi connectivity index (χ4n) is 3.14. The summed E-state index contributed by atoms with van der Waals surface area (Å²) in [7, 11) is 0. The molecule has 1 saturated heterocycles. The second kappa shape index (κ2) is 6.91. The van der Waals surface area contributed by atoms with Crippen LogP contribution in [0.1, 0.15) is 26.1 Å². The zero-order chi connectivity index (χ0) is 16.2. The van der Waals surface area contributed by atoms with Gasteiger partial charge in [-0.25, -0.2) is 0 Å². The zero-order valence-corrected chi connectivity index (χ0v) is 13.6. The van der Waals surface area contributed by atoms with Crippen molar-refractivity contribution in [3.05, 3.63) is 42.5 Å². The van der Waals surface area contributed by atoms with Gasteiger partial charge in [0.25, 0.3) is 0 Å². The van der Waals surface area contributed by atoms with Crippen LogP contribution in [-0.4, -0.2) is 50.7 Å². The number of aryl methyl sites for hydroxylation is 1. The van der Waals surface area contributed by atoms with E-state index < -0.39 is 0 Å². The molecule has 0 saturated carbocycles. The summed E-state index contributed by atoms with van der Waals surface area (Å²) in [4.78, 5) is 14.4. The fourth-order valence-corrected chi connectivity index (χ4v) is 3.14. The molecule has 1 aliphatic heterocycles. The summed E-state index contributed by atoms with van der Waals surface area (Å²) >= 11 is 0. The normalized spacial score (nSPS) is 21.4. The van der Waals surface area contributed by atoms with Crippen molar-refractivity contribution in [1.29, 1.82) is 0 Å². The van der Waals surface area contributed by atoms with Gasteiger partial charge >= 0.3 is 0 Å². The number of para-hydroxylation sites is 1. The number of carbonyl (C=O) groups excluding carboxylic acids is 1. The van der Waals surface area contributed by atoms with Gasteiger partial charge in [-0.3, -0.25) is 9.36 Å². The monoisotopic (exact) mass is 313 g/mol. The number of piperazine rings is 1. The van der Waals surface area contributed by atoms with Crippen LogP contribution in [-0.2, 0) is 11.2 Å². The predicted molar refractivity (Wildman–Crippen MR) is 88.3 cm³/mol. The Kier molecular flexibility index (Phi) is 4.71. The van der Waals surface area contributed by atoms with Crippen molar-refractivity contribution in [2.24, 2.45) is 0 Å². The molecule has 2 atom stereocenters. The number of amides is 1. The van der Waals surface area contributed by atoms with E-state index in [9.17, 15) is 4.79 Å². The first-order chi connectivity index (χ1) is 11.1. The van der Waals surface area contributed by atoms with Gasteiger partial charge in [0.15, 0.2) is 0 Å². The second-order valence-electron chi connectivity index (χ2n) is 6.22. The molecule has 1 amide bonds. The fraction of sp³-hybridized carbons (Fsp3) is 0.471. The Morgan fingerprint density at radius 3 is 2.61 bits per heavy atom. The third-order valence-corrected chi connectivity index (χ3v) is 4.13. The maximum Gasteiger partial charge on any atom is 0.223 e. The molecule has 0 radical (unpaired) electrons. The SMILES string of the molecule is CC1CN(C(=O)CCc2nncn2-c2ccccc2)CC(C)N1. The van der Waals surface area contributed by atoms with Gasteiger partial charge in [0.1, 0.15) is 12.2 Å². The number of carbonyl (C=O) groups is 1. The van der Waals surface area contributed by atoms with E-state index in [1.165, 1.54) is 0 Å². The van der Waals surface area contributed by atoms with Crippen molar-refractivity contribution in [2.45, 2.75) is 38.8 Å². The summed E-state index contributed by atoms with van der Waals surface area (Å²) in [5, 5.41) is 11.6. The Morgan fingerprint density at radius 1 is 1.22 bits per heavy atom. The van der Waals surface area contributed by atoms with Gasteiger partial charge < -0.3 is 10.2 Å². The van der Waals surface area contributed by atoms with Gasteiger partial charge in [-0.2, -0.15) is 0 Å². The standard InChI is InChI=1S/C17H23N5O/c1-13-10-21(11-14(2)19-13)17(23)9-8-16-20-18-12-22(16)15-6-4-3-5-7-15/h3-7,12-14,19H,8-11H2,1-2H3. The van der Waals surface area contributed by atoms with Crippen LogP contribution < -0.4 is 5.32 Å². The highest BCUT2D eigenvalue weighted by Gasteiger charge is 2.24. The van der Waals surface area contributed by atoms with Crippen LogP contribution in [0.4, 0.5) is 0 Å². The molecule has 0 aliphatic carbocycles. The molecular formula is C17H23N5O. The quantitative estimate of drug-likeness (QED) is 0.927. The summed E-state index contributed by atoms with van der Waals surface area (Å²) in [5.74, 6) is 1.01. The van der Waals surface area contributed by atoms with Crippen LogP contribution in [0.5, 0.6) is 0 Å². The molecule has 0 bridgehead atoms. The maximum absolute atomic E-state index is 12.5. The van der Waals surface area contributed by atoms with Gasteiger partial charge in [0.2, 0.25) is 5.91 Å². The van der Waals surface area contributed by atoms with E-state index in [2.05, 4.69) is 29.4 Å². The molecule has 6 heteroatoms. The summed E-state index contributed by atoms with van der Waals surface area (Å²) in [6.07, 6.45) is 2.76. The van der Waals surface area contributed by atoms with Gasteiger partial charge in [-0.05, 0) is 26.0 Å². The van der Waals surface area contributed by atoms with Crippen LogP contribution in [0.2, 0.25) is 0 Å². The van der Waals surface area contributed by atoms with Crippen molar-refractivity contribution >= 4 is 5.91 Å². The number of nitrogens with one attached hydrogen (secondary N) is 1. The number of benzene rings is 1. The van der Waals surface area contributed by atoms with E-state index in [1.54, 1.807) is 6.33 Å². The summed E-state index contributed by atoms with van der Waals surface area (Å²) in [6, 6.07) is 10.6. The van der Waals surface area contributed by atoms with E-state index in [0.717, 1.165) is 24.6 Å². The molecule has 6 nitrogen and oxygen atoms in total. The minimum absolute atomic E-state index is 0.188. The summed E-state index contributed by atoms with van der Waals surface area (Å²) in [6.45, 7) is 5.77. The molecule has 1 aliphatic rings. The Balaban J connectivity index is 1.63. The third kappa shape index (κ3) is 3.76. The summed E-state index contributed by atoms with van der Waals surface area (Å²) < 4.78 is 1.94. The molecule has 0 spiro atoms. The minimum Gasteiger partial charge on any atom is -0.340 e. The third-order valence-electron chi connectivity index (χ3n) is 4.13. The lowest BCUT2D eigenvalue weighted by atomic mass is 10.1. The Bertz CT molecular complexity index is 644. The van der Waals surface area contributed by atoms with Crippen LogP contribution in [0.15, 0.2) is 36.7 Å². The van der Waals surface area contributed by atoms with Gasteiger partial charge in [0, 0.05) is 43.7 Å². The van der Waals surface area contributed by atoms with Crippen molar-refractivity contribution in [1.82, 2.24) is 25.0 Å². The molecular weight excluding hydrogens is 290 g/mol. The lowest BCUT2D eigenvalue weighted by Crippen LogP contribution is -2.55. The maximum atomic E-state index is 12.5. The number of hydrogen-bond acceptors (Lipinski definition) is 4. The largest absolute Gasteiger partial charge is 0.340 e. The number of hydrogen-bond donors (Lipinski definition) is 1. The van der Waals surface area contributed by atoms with Crippen molar-refractivity contribution < 1.29 is 4.79 Å². The lowest BCUT2D eigenvalue weighted by molar-refractivity contribution is -0.132. The van der Waals surface area contributed by atoms with E-state index in [0.29, 0.717) is 24.9 Å². The van der Waals surface area contributed by atoms with Crippen LogP contribution in [0, 0.1) is 0 Å². The van der Waals surface area contributed by atoms with Crippen LogP contribution in [0.3, 0.4) is 0 Å². The first-order valence-electron chi connectivity index (χ1n) is 8.11. The first-order valence-corrected chi connectivity index (χ1v) is 8.11. The molecule has 1 fully saturated rings. The molecule has 2 unspecified atom stereocenters. The molecule has 3 rings (SSSR count). The Hall–Kier alpha value is -2.21. The smallest absolute Gasteiger partial charge is 0.223 e. The highest BCUT2D eigenvalue weighted by atomic mass is 16.2.